The van der Waals surface area contributed by atoms with E-state index in [4.69, 9.17) is 23.2 Å². The molecule has 1 aliphatic heterocycles. The van der Waals surface area contributed by atoms with Gasteiger partial charge in [0.2, 0.25) is 5.91 Å². The second-order valence-corrected chi connectivity index (χ2v) is 13.5. The van der Waals surface area contributed by atoms with Crippen molar-refractivity contribution < 1.29 is 4.79 Å². The topological polar surface area (TPSA) is 23.6 Å². The van der Waals surface area contributed by atoms with E-state index in [2.05, 4.69) is 54.0 Å². The number of piperidine rings is 1. The van der Waals surface area contributed by atoms with E-state index in [1.165, 1.54) is 31.2 Å². The highest BCUT2D eigenvalue weighted by Crippen LogP contribution is 2.54. The number of likely N-dealkylation sites (tertiary alicyclic amines) is 1. The summed E-state index contributed by atoms with van der Waals surface area (Å²) in [6.45, 7) is 7.03. The average molecular weight is 544 g/mol. The van der Waals surface area contributed by atoms with Crippen molar-refractivity contribution >= 4 is 41.1 Å². The number of benzene rings is 2. The van der Waals surface area contributed by atoms with E-state index in [1.54, 1.807) is 0 Å². The van der Waals surface area contributed by atoms with Gasteiger partial charge in [-0.1, -0.05) is 72.4 Å². The van der Waals surface area contributed by atoms with Gasteiger partial charge >= 0.3 is 0 Å². The highest BCUT2D eigenvalue weighted by molar-refractivity contribution is 7.97. The second kappa shape index (κ2) is 10.7. The van der Waals surface area contributed by atoms with Gasteiger partial charge in [-0.2, -0.15) is 0 Å². The monoisotopic (exact) mass is 542 g/mol. The highest BCUT2D eigenvalue weighted by Gasteiger charge is 2.53. The number of amides is 1. The summed E-state index contributed by atoms with van der Waals surface area (Å²) in [7, 11) is 2.20. The van der Waals surface area contributed by atoms with Crippen LogP contribution in [-0.2, 0) is 4.79 Å². The maximum Gasteiger partial charge on any atom is 0.229 e. The summed E-state index contributed by atoms with van der Waals surface area (Å²) < 4.78 is 2.39. The van der Waals surface area contributed by atoms with Crippen LogP contribution in [0.5, 0.6) is 0 Å². The molecule has 3 nitrogen and oxygen atoms in total. The predicted molar refractivity (Wildman–Crippen MR) is 153 cm³/mol. The fourth-order valence-electron chi connectivity index (χ4n) is 5.93. The van der Waals surface area contributed by atoms with Crippen LogP contribution in [0.2, 0.25) is 10.0 Å². The third-order valence-electron chi connectivity index (χ3n) is 8.01. The summed E-state index contributed by atoms with van der Waals surface area (Å²) in [5.41, 5.74) is 1.82. The molecule has 1 amide bonds. The minimum Gasteiger partial charge on any atom is -0.330 e. The van der Waals surface area contributed by atoms with Crippen molar-refractivity contribution in [2.45, 2.75) is 68.7 Å². The number of hydrogen-bond acceptors (Lipinski definition) is 3. The van der Waals surface area contributed by atoms with Crippen molar-refractivity contribution in [2.75, 3.05) is 13.6 Å². The summed E-state index contributed by atoms with van der Waals surface area (Å²) in [5.74, 6) is 0.912. The number of hydrogen-bond donors (Lipinski definition) is 0. The van der Waals surface area contributed by atoms with Gasteiger partial charge in [0.15, 0.2) is 0 Å². The summed E-state index contributed by atoms with van der Waals surface area (Å²) in [4.78, 5) is 16.8. The van der Waals surface area contributed by atoms with Crippen molar-refractivity contribution in [2.24, 2.45) is 11.3 Å². The Hall–Kier alpha value is -1.46. The molecule has 2 aromatic carbocycles. The van der Waals surface area contributed by atoms with Gasteiger partial charge in [0.1, 0.15) is 0 Å². The maximum atomic E-state index is 14.5. The molecule has 0 aromatic heterocycles. The van der Waals surface area contributed by atoms with Crippen LogP contribution in [0, 0.1) is 11.3 Å². The number of likely N-dealkylation sites (N-methyl/N-ethyl adjacent to an activating group) is 1. The van der Waals surface area contributed by atoms with Gasteiger partial charge in [0, 0.05) is 33.8 Å². The Balaban J connectivity index is 1.61. The second-order valence-electron chi connectivity index (χ2n) is 11.1. The van der Waals surface area contributed by atoms with Gasteiger partial charge in [-0.3, -0.25) is 9.10 Å². The standard InChI is InChI=1S/C30H36Cl2N2OS/c1-4-16-30(2)18-26(22-6-5-7-24(32)17-22)28(21-10-12-23(31)13-11-21)34(29(30)35)27(20-8-9-20)19-33(3)36-25-14-15-25/h4-7,10-13,17,20,25-28H,1,8-9,14-16,18-19H2,2-3H3/t26-,27?,28-,30+/m1/s1. The molecule has 192 valence electrons. The number of nitrogens with zero attached hydrogens (tertiary/aromatic N) is 2. The van der Waals surface area contributed by atoms with Crippen LogP contribution in [0.3, 0.4) is 0 Å². The zero-order chi connectivity index (χ0) is 25.4. The zero-order valence-corrected chi connectivity index (χ0v) is 23.5. The number of rotatable bonds is 10. The molecule has 0 radical (unpaired) electrons. The van der Waals surface area contributed by atoms with Crippen molar-refractivity contribution in [1.29, 1.82) is 0 Å². The van der Waals surface area contributed by atoms with Crippen molar-refractivity contribution in [3.63, 3.8) is 0 Å². The lowest BCUT2D eigenvalue weighted by molar-refractivity contribution is -0.155. The SMILES string of the molecule is C=CC[C@@]1(C)C[C@H](c2cccc(Cl)c2)[C@@H](c2ccc(Cl)cc2)N(C(CN(C)SC2CC2)C2CC2)C1=O. The molecular weight excluding hydrogens is 507 g/mol. The van der Waals surface area contributed by atoms with Crippen molar-refractivity contribution in [3.05, 3.63) is 82.4 Å². The number of carbonyl (C=O) groups excluding carboxylic acids is 1. The van der Waals surface area contributed by atoms with Crippen LogP contribution in [0.4, 0.5) is 0 Å². The van der Waals surface area contributed by atoms with Crippen molar-refractivity contribution in [1.82, 2.24) is 9.21 Å². The normalized spacial score (nSPS) is 27.4. The summed E-state index contributed by atoms with van der Waals surface area (Å²) in [6, 6.07) is 16.4. The minimum atomic E-state index is -0.507. The molecule has 1 saturated heterocycles. The molecule has 2 saturated carbocycles. The van der Waals surface area contributed by atoms with Crippen LogP contribution >= 0.6 is 35.1 Å². The third-order valence-corrected chi connectivity index (χ3v) is 9.77. The fourth-order valence-corrected chi connectivity index (χ4v) is 7.35. The van der Waals surface area contributed by atoms with Crippen molar-refractivity contribution in [3.8, 4) is 0 Å². The van der Waals surface area contributed by atoms with E-state index >= 15 is 0 Å². The predicted octanol–water partition coefficient (Wildman–Crippen LogP) is 8.15. The molecule has 6 heteroatoms. The molecule has 0 N–H and O–H groups in total. The summed E-state index contributed by atoms with van der Waals surface area (Å²) in [5, 5.41) is 2.18. The molecule has 2 aromatic rings. The van der Waals surface area contributed by atoms with Crippen LogP contribution in [0.1, 0.15) is 68.5 Å². The summed E-state index contributed by atoms with van der Waals surface area (Å²) in [6.07, 6.45) is 8.30. The summed E-state index contributed by atoms with van der Waals surface area (Å²) >= 11 is 14.8. The van der Waals surface area contributed by atoms with E-state index in [0.29, 0.717) is 17.4 Å². The molecule has 0 bridgehead atoms. The van der Waals surface area contributed by atoms with Gasteiger partial charge in [0.25, 0.3) is 0 Å². The number of carbonyl (C=O) groups is 1. The van der Waals surface area contributed by atoms with E-state index in [-0.39, 0.29) is 23.9 Å². The average Bonchev–Trinajstić information content (AvgIpc) is 3.76. The molecule has 3 fully saturated rings. The highest BCUT2D eigenvalue weighted by atomic mass is 35.5. The number of allylic oxidation sites excluding steroid dienone is 1. The molecule has 5 rings (SSSR count). The van der Waals surface area contributed by atoms with Gasteiger partial charge < -0.3 is 4.90 Å². The molecule has 1 unspecified atom stereocenters. The number of halogens is 2. The first kappa shape index (κ1) is 26.2. The van der Waals surface area contributed by atoms with Gasteiger partial charge in [-0.05, 0) is 86.9 Å². The molecule has 4 atom stereocenters. The minimum absolute atomic E-state index is 0.0731. The molecule has 36 heavy (non-hydrogen) atoms. The Labute approximate surface area is 230 Å². The van der Waals surface area contributed by atoms with Gasteiger partial charge in [0.05, 0.1) is 11.5 Å². The van der Waals surface area contributed by atoms with E-state index in [0.717, 1.165) is 28.8 Å². The Morgan fingerprint density at radius 2 is 1.83 bits per heavy atom. The van der Waals surface area contributed by atoms with Crippen LogP contribution in [0.15, 0.2) is 61.2 Å². The Kier molecular flexibility index (Phi) is 7.79. The molecule has 3 aliphatic rings. The van der Waals surface area contributed by atoms with E-state index in [9.17, 15) is 4.79 Å². The Bertz CT molecular complexity index is 1100. The molecular formula is C30H36Cl2N2OS. The van der Waals surface area contributed by atoms with Crippen LogP contribution < -0.4 is 0 Å². The van der Waals surface area contributed by atoms with E-state index in [1.807, 2.05) is 42.3 Å². The lowest BCUT2D eigenvalue weighted by Crippen LogP contribution is -2.58. The zero-order valence-electron chi connectivity index (χ0n) is 21.2. The van der Waals surface area contributed by atoms with Gasteiger partial charge in [-0.25, -0.2) is 0 Å². The largest absolute Gasteiger partial charge is 0.330 e. The molecule has 0 spiro atoms. The quantitative estimate of drug-likeness (QED) is 0.223. The van der Waals surface area contributed by atoms with E-state index < -0.39 is 5.41 Å². The molecule has 2 aliphatic carbocycles. The maximum absolute atomic E-state index is 14.5. The third kappa shape index (κ3) is 5.67. The lowest BCUT2D eigenvalue weighted by Gasteiger charge is -2.52. The fraction of sp³-hybridized carbons (Fsp3) is 0.500. The van der Waals surface area contributed by atoms with Gasteiger partial charge in [-0.15, -0.1) is 6.58 Å². The first-order valence-electron chi connectivity index (χ1n) is 13.1. The van der Waals surface area contributed by atoms with Crippen LogP contribution in [0.25, 0.3) is 0 Å². The first-order chi connectivity index (χ1) is 17.3. The lowest BCUT2D eigenvalue weighted by atomic mass is 9.67. The Morgan fingerprint density at radius 3 is 2.44 bits per heavy atom. The van der Waals surface area contributed by atoms with Crippen LogP contribution in [-0.4, -0.2) is 40.0 Å². The molecule has 1 heterocycles. The Morgan fingerprint density at radius 1 is 1.11 bits per heavy atom. The smallest absolute Gasteiger partial charge is 0.229 e. The first-order valence-corrected chi connectivity index (χ1v) is 14.7.